The van der Waals surface area contributed by atoms with Gasteiger partial charge in [-0.25, -0.2) is 8.42 Å². The van der Waals surface area contributed by atoms with E-state index in [-0.39, 0.29) is 11.5 Å². The number of hydrogen-bond donors (Lipinski definition) is 2. The van der Waals surface area contributed by atoms with Crippen molar-refractivity contribution >= 4 is 31.6 Å². The Morgan fingerprint density at radius 2 is 1.90 bits per heavy atom. The Labute approximate surface area is 126 Å². The Bertz CT molecular complexity index is 729. The molecular formula is C14H14BrNO3S. The van der Waals surface area contributed by atoms with E-state index in [4.69, 9.17) is 0 Å². The van der Waals surface area contributed by atoms with Gasteiger partial charge in [-0.3, -0.25) is 4.72 Å². The van der Waals surface area contributed by atoms with Crippen LogP contribution in [0.25, 0.3) is 0 Å². The fourth-order valence-corrected chi connectivity index (χ4v) is 3.71. The predicted molar refractivity (Wildman–Crippen MR) is 82.1 cm³/mol. The number of halogens is 1. The van der Waals surface area contributed by atoms with E-state index in [2.05, 4.69) is 20.7 Å². The van der Waals surface area contributed by atoms with Crippen LogP contribution in [0.1, 0.15) is 11.1 Å². The quantitative estimate of drug-likeness (QED) is 0.885. The van der Waals surface area contributed by atoms with Gasteiger partial charge in [-0.15, -0.1) is 0 Å². The Morgan fingerprint density at radius 1 is 1.20 bits per heavy atom. The minimum Gasteiger partial charge on any atom is -0.392 e. The molecule has 20 heavy (non-hydrogen) atoms. The Morgan fingerprint density at radius 3 is 2.60 bits per heavy atom. The molecule has 106 valence electrons. The highest BCUT2D eigenvalue weighted by molar-refractivity contribution is 9.10. The average Bonchev–Trinajstić information content (AvgIpc) is 2.41. The number of para-hydroxylation sites is 1. The van der Waals surface area contributed by atoms with Gasteiger partial charge < -0.3 is 5.11 Å². The van der Waals surface area contributed by atoms with E-state index in [1.807, 2.05) is 0 Å². The molecule has 0 saturated heterocycles. The van der Waals surface area contributed by atoms with Crippen LogP contribution in [0.2, 0.25) is 0 Å². The van der Waals surface area contributed by atoms with E-state index in [0.717, 1.165) is 0 Å². The third-order valence-corrected chi connectivity index (χ3v) is 4.87. The summed E-state index contributed by atoms with van der Waals surface area (Å²) in [5.74, 6) is 0. The van der Waals surface area contributed by atoms with Crippen LogP contribution in [0, 0.1) is 6.92 Å². The SMILES string of the molecule is Cc1ccc(Br)cc1S(=O)(=O)Nc1ccccc1CO. The van der Waals surface area contributed by atoms with Crippen molar-refractivity contribution in [2.24, 2.45) is 0 Å². The molecule has 0 saturated carbocycles. The lowest BCUT2D eigenvalue weighted by atomic mass is 10.2. The highest BCUT2D eigenvalue weighted by atomic mass is 79.9. The largest absolute Gasteiger partial charge is 0.392 e. The second-order valence-corrected chi connectivity index (χ2v) is 6.90. The summed E-state index contributed by atoms with van der Waals surface area (Å²) in [6.45, 7) is 1.51. The Kier molecular flexibility index (Phi) is 4.47. The fourth-order valence-electron chi connectivity index (χ4n) is 1.82. The van der Waals surface area contributed by atoms with Crippen LogP contribution in [-0.4, -0.2) is 13.5 Å². The Hall–Kier alpha value is -1.37. The minimum atomic E-state index is -3.69. The first-order valence-electron chi connectivity index (χ1n) is 5.92. The number of benzene rings is 2. The molecule has 0 aliphatic heterocycles. The van der Waals surface area contributed by atoms with Crippen LogP contribution < -0.4 is 4.72 Å². The third kappa shape index (κ3) is 3.20. The van der Waals surface area contributed by atoms with Crippen LogP contribution in [0.4, 0.5) is 5.69 Å². The molecule has 0 heterocycles. The summed E-state index contributed by atoms with van der Waals surface area (Å²) in [5.41, 5.74) is 1.57. The summed E-state index contributed by atoms with van der Waals surface area (Å²) < 4.78 is 28.1. The first-order valence-corrected chi connectivity index (χ1v) is 8.19. The van der Waals surface area contributed by atoms with E-state index in [0.29, 0.717) is 21.3 Å². The topological polar surface area (TPSA) is 66.4 Å². The molecule has 2 aromatic carbocycles. The lowest BCUT2D eigenvalue weighted by Crippen LogP contribution is -2.15. The van der Waals surface area contributed by atoms with Gasteiger partial charge in [0.05, 0.1) is 17.2 Å². The number of rotatable bonds is 4. The van der Waals surface area contributed by atoms with Crippen molar-refractivity contribution in [2.45, 2.75) is 18.4 Å². The smallest absolute Gasteiger partial charge is 0.262 e. The molecule has 0 atom stereocenters. The zero-order valence-corrected chi connectivity index (χ0v) is 13.2. The molecule has 2 rings (SSSR count). The zero-order valence-electron chi connectivity index (χ0n) is 10.8. The Balaban J connectivity index is 2.43. The number of sulfonamides is 1. The highest BCUT2D eigenvalue weighted by Gasteiger charge is 2.18. The van der Waals surface area contributed by atoms with Crippen LogP contribution >= 0.6 is 15.9 Å². The molecule has 2 N–H and O–H groups in total. The summed E-state index contributed by atoms with van der Waals surface area (Å²) in [6.07, 6.45) is 0. The molecule has 2 aromatic rings. The second-order valence-electron chi connectivity index (χ2n) is 4.33. The summed E-state index contributed by atoms with van der Waals surface area (Å²) in [7, 11) is -3.69. The van der Waals surface area contributed by atoms with Gasteiger partial charge in [0, 0.05) is 10.0 Å². The lowest BCUT2D eigenvalue weighted by molar-refractivity contribution is 0.282. The van der Waals surface area contributed by atoms with Crippen molar-refractivity contribution in [1.29, 1.82) is 0 Å². The van der Waals surface area contributed by atoms with Gasteiger partial charge in [0.25, 0.3) is 10.0 Å². The molecule has 0 radical (unpaired) electrons. The lowest BCUT2D eigenvalue weighted by Gasteiger charge is -2.13. The molecule has 0 aliphatic rings. The summed E-state index contributed by atoms with van der Waals surface area (Å²) in [5, 5.41) is 9.24. The first-order chi connectivity index (χ1) is 9.44. The number of nitrogens with one attached hydrogen (secondary N) is 1. The van der Waals surface area contributed by atoms with Gasteiger partial charge in [0.1, 0.15) is 0 Å². The average molecular weight is 356 g/mol. The maximum absolute atomic E-state index is 12.4. The van der Waals surface area contributed by atoms with Crippen LogP contribution in [0.3, 0.4) is 0 Å². The zero-order chi connectivity index (χ0) is 14.8. The van der Waals surface area contributed by atoms with E-state index >= 15 is 0 Å². The van der Waals surface area contributed by atoms with Gasteiger partial charge in [0.2, 0.25) is 0 Å². The molecule has 0 spiro atoms. The predicted octanol–water partition coefficient (Wildman–Crippen LogP) is 3.05. The molecule has 4 nitrogen and oxygen atoms in total. The number of aliphatic hydroxyl groups excluding tert-OH is 1. The van der Waals surface area contributed by atoms with E-state index in [9.17, 15) is 13.5 Å². The maximum atomic E-state index is 12.4. The van der Waals surface area contributed by atoms with Crippen molar-refractivity contribution < 1.29 is 13.5 Å². The molecular weight excluding hydrogens is 342 g/mol. The third-order valence-electron chi connectivity index (χ3n) is 2.87. The van der Waals surface area contributed by atoms with Crippen LogP contribution in [0.5, 0.6) is 0 Å². The number of anilines is 1. The van der Waals surface area contributed by atoms with Crippen LogP contribution in [-0.2, 0) is 16.6 Å². The number of hydrogen-bond acceptors (Lipinski definition) is 3. The molecule has 0 unspecified atom stereocenters. The van der Waals surface area contributed by atoms with E-state index in [1.54, 1.807) is 49.4 Å². The fraction of sp³-hybridized carbons (Fsp3) is 0.143. The first kappa shape index (κ1) is 15.0. The minimum absolute atomic E-state index is 0.208. The molecule has 0 bridgehead atoms. The van der Waals surface area contributed by atoms with Crippen molar-refractivity contribution in [1.82, 2.24) is 0 Å². The maximum Gasteiger partial charge on any atom is 0.262 e. The molecule has 0 amide bonds. The van der Waals surface area contributed by atoms with Crippen molar-refractivity contribution in [3.63, 3.8) is 0 Å². The van der Waals surface area contributed by atoms with Gasteiger partial charge >= 0.3 is 0 Å². The van der Waals surface area contributed by atoms with E-state index in [1.165, 1.54) is 0 Å². The normalized spacial score (nSPS) is 11.3. The summed E-state index contributed by atoms with van der Waals surface area (Å²) in [6, 6.07) is 11.8. The van der Waals surface area contributed by atoms with Gasteiger partial charge in [-0.2, -0.15) is 0 Å². The second kappa shape index (κ2) is 5.95. The summed E-state index contributed by atoms with van der Waals surface area (Å²) in [4.78, 5) is 0.208. The van der Waals surface area contributed by atoms with Gasteiger partial charge in [-0.1, -0.05) is 40.2 Å². The van der Waals surface area contributed by atoms with E-state index < -0.39 is 10.0 Å². The van der Waals surface area contributed by atoms with Crippen molar-refractivity contribution in [3.8, 4) is 0 Å². The highest BCUT2D eigenvalue weighted by Crippen LogP contribution is 2.24. The van der Waals surface area contributed by atoms with Gasteiger partial charge in [-0.05, 0) is 30.7 Å². The van der Waals surface area contributed by atoms with Crippen molar-refractivity contribution in [2.75, 3.05) is 4.72 Å². The standard InChI is InChI=1S/C14H14BrNO3S/c1-10-6-7-12(15)8-14(10)20(18,19)16-13-5-3-2-4-11(13)9-17/h2-8,16-17H,9H2,1H3. The molecule has 6 heteroatoms. The number of aryl methyl sites for hydroxylation is 1. The van der Waals surface area contributed by atoms with Crippen molar-refractivity contribution in [3.05, 3.63) is 58.1 Å². The monoisotopic (exact) mass is 355 g/mol. The summed E-state index contributed by atoms with van der Waals surface area (Å²) >= 11 is 3.27. The van der Waals surface area contributed by atoms with Gasteiger partial charge in [0.15, 0.2) is 0 Å². The number of aliphatic hydroxyl groups is 1. The van der Waals surface area contributed by atoms with Crippen LogP contribution in [0.15, 0.2) is 51.8 Å². The molecule has 0 aliphatic carbocycles. The molecule has 0 fully saturated rings. The molecule has 0 aromatic heterocycles.